The lowest BCUT2D eigenvalue weighted by molar-refractivity contribution is 0.178. The lowest BCUT2D eigenvalue weighted by Gasteiger charge is -2.25. The van der Waals surface area contributed by atoms with Crippen LogP contribution in [0.4, 0.5) is 0 Å². The van der Waals surface area contributed by atoms with E-state index >= 15 is 0 Å². The van der Waals surface area contributed by atoms with Crippen LogP contribution in [0, 0.1) is 0 Å². The molecule has 2 rings (SSSR count). The number of aromatic nitrogens is 1. The van der Waals surface area contributed by atoms with Crippen LogP contribution in [0.1, 0.15) is 57.4 Å². The topological polar surface area (TPSA) is 41.3 Å². The molecule has 19 heavy (non-hydrogen) atoms. The van der Waals surface area contributed by atoms with Crippen molar-refractivity contribution in [1.82, 2.24) is 15.4 Å². The summed E-state index contributed by atoms with van der Waals surface area (Å²) in [5, 5.41) is 7.49. The summed E-state index contributed by atoms with van der Waals surface area (Å²) < 4.78 is 5.46. The van der Waals surface area contributed by atoms with E-state index in [-0.39, 0.29) is 0 Å². The normalized spacial score (nSPS) is 16.6. The second-order valence-corrected chi connectivity index (χ2v) is 5.46. The van der Waals surface area contributed by atoms with E-state index in [1.54, 1.807) is 0 Å². The third kappa shape index (κ3) is 4.32. The van der Waals surface area contributed by atoms with Crippen LogP contribution >= 0.6 is 0 Å². The molecule has 0 saturated heterocycles. The molecular weight excluding hydrogens is 238 g/mol. The number of rotatable bonds is 8. The summed E-state index contributed by atoms with van der Waals surface area (Å²) in [6.45, 7) is 8.25. The van der Waals surface area contributed by atoms with Crippen LogP contribution in [0.15, 0.2) is 10.6 Å². The zero-order valence-corrected chi connectivity index (χ0v) is 12.3. The van der Waals surface area contributed by atoms with Crippen molar-refractivity contribution in [3.63, 3.8) is 0 Å². The molecule has 4 heteroatoms. The molecule has 0 aliphatic heterocycles. The highest BCUT2D eigenvalue weighted by molar-refractivity contribution is 5.05. The minimum atomic E-state index is 0.747. The van der Waals surface area contributed by atoms with Gasteiger partial charge in [-0.05, 0) is 32.4 Å². The first-order chi connectivity index (χ1) is 9.33. The molecule has 1 heterocycles. The molecule has 1 saturated carbocycles. The monoisotopic (exact) mass is 265 g/mol. The molecule has 4 nitrogen and oxygen atoms in total. The smallest absolute Gasteiger partial charge is 0.151 e. The van der Waals surface area contributed by atoms with E-state index in [1.165, 1.54) is 25.7 Å². The third-order valence-corrected chi connectivity index (χ3v) is 3.95. The van der Waals surface area contributed by atoms with E-state index in [1.807, 2.05) is 0 Å². The molecule has 0 aromatic carbocycles. The molecule has 0 bridgehead atoms. The summed E-state index contributed by atoms with van der Waals surface area (Å²) in [5.74, 6) is 1.00. The van der Waals surface area contributed by atoms with Crippen LogP contribution in [0.2, 0.25) is 0 Å². The van der Waals surface area contributed by atoms with Crippen molar-refractivity contribution in [3.05, 3.63) is 17.5 Å². The van der Waals surface area contributed by atoms with Crippen LogP contribution in [0.25, 0.3) is 0 Å². The quantitative estimate of drug-likeness (QED) is 0.734. The maximum Gasteiger partial charge on any atom is 0.151 e. The molecule has 1 N–H and O–H groups in total. The second-order valence-electron chi connectivity index (χ2n) is 5.46. The molecule has 0 spiro atoms. The zero-order valence-electron chi connectivity index (χ0n) is 12.3. The van der Waals surface area contributed by atoms with Crippen LogP contribution in [-0.2, 0) is 13.1 Å². The van der Waals surface area contributed by atoms with Gasteiger partial charge in [-0.25, -0.2) is 0 Å². The fraction of sp³-hybridized carbons (Fsp3) is 0.800. The van der Waals surface area contributed by atoms with Gasteiger partial charge in [-0.15, -0.1) is 0 Å². The number of hydrogen-bond donors (Lipinski definition) is 1. The SMILES string of the molecule is CCCNCc1cc(CN(CC)C2CCCC2)on1. The Morgan fingerprint density at radius 1 is 1.37 bits per heavy atom. The van der Waals surface area contributed by atoms with E-state index in [2.05, 4.69) is 35.3 Å². The van der Waals surface area contributed by atoms with Gasteiger partial charge in [0.05, 0.1) is 12.2 Å². The molecule has 0 radical (unpaired) electrons. The highest BCUT2D eigenvalue weighted by Gasteiger charge is 2.22. The highest BCUT2D eigenvalue weighted by atomic mass is 16.5. The standard InChI is InChI=1S/C15H27N3O/c1-3-9-16-11-13-10-15(19-17-13)12-18(4-2)14-7-5-6-8-14/h10,14,16H,3-9,11-12H2,1-2H3. The Bertz CT molecular complexity index is 358. The molecule has 0 amide bonds. The minimum absolute atomic E-state index is 0.747. The lowest BCUT2D eigenvalue weighted by atomic mass is 10.2. The molecule has 0 atom stereocenters. The number of hydrogen-bond acceptors (Lipinski definition) is 4. The Morgan fingerprint density at radius 3 is 2.84 bits per heavy atom. The zero-order chi connectivity index (χ0) is 13.5. The van der Waals surface area contributed by atoms with Crippen molar-refractivity contribution in [2.45, 2.75) is 65.1 Å². The summed E-state index contributed by atoms with van der Waals surface area (Å²) in [6, 6.07) is 2.84. The highest BCUT2D eigenvalue weighted by Crippen LogP contribution is 2.24. The Labute approximate surface area is 116 Å². The van der Waals surface area contributed by atoms with Gasteiger partial charge >= 0.3 is 0 Å². The first-order valence-electron chi connectivity index (χ1n) is 7.72. The fourth-order valence-corrected chi connectivity index (χ4v) is 2.88. The first-order valence-corrected chi connectivity index (χ1v) is 7.72. The average molecular weight is 265 g/mol. The van der Waals surface area contributed by atoms with Crippen LogP contribution < -0.4 is 5.32 Å². The number of nitrogens with zero attached hydrogens (tertiary/aromatic N) is 2. The third-order valence-electron chi connectivity index (χ3n) is 3.95. The molecule has 1 aliphatic rings. The van der Waals surface area contributed by atoms with Gasteiger partial charge in [-0.2, -0.15) is 0 Å². The average Bonchev–Trinajstić information content (AvgIpc) is 3.07. The van der Waals surface area contributed by atoms with E-state index < -0.39 is 0 Å². The second kappa shape index (κ2) is 7.65. The predicted molar refractivity (Wildman–Crippen MR) is 76.8 cm³/mol. The lowest BCUT2D eigenvalue weighted by Crippen LogP contribution is -2.32. The summed E-state index contributed by atoms with van der Waals surface area (Å²) in [6.07, 6.45) is 6.59. The summed E-state index contributed by atoms with van der Waals surface area (Å²) in [5.41, 5.74) is 1.02. The Kier molecular flexibility index (Phi) is 5.86. The largest absolute Gasteiger partial charge is 0.360 e. The minimum Gasteiger partial charge on any atom is -0.360 e. The van der Waals surface area contributed by atoms with Gasteiger partial charge in [-0.1, -0.05) is 31.8 Å². The maximum atomic E-state index is 5.46. The van der Waals surface area contributed by atoms with Crippen molar-refractivity contribution in [3.8, 4) is 0 Å². The van der Waals surface area contributed by atoms with Gasteiger partial charge in [0.15, 0.2) is 5.76 Å². The Hall–Kier alpha value is -0.870. The van der Waals surface area contributed by atoms with Crippen LogP contribution in [0.5, 0.6) is 0 Å². The van der Waals surface area contributed by atoms with E-state index in [0.717, 1.165) is 50.1 Å². The maximum absolute atomic E-state index is 5.46. The van der Waals surface area contributed by atoms with Crippen molar-refractivity contribution >= 4 is 0 Å². The molecule has 0 unspecified atom stereocenters. The van der Waals surface area contributed by atoms with Gasteiger partial charge < -0.3 is 9.84 Å². The van der Waals surface area contributed by atoms with Crippen LogP contribution in [0.3, 0.4) is 0 Å². The van der Waals surface area contributed by atoms with Crippen molar-refractivity contribution in [1.29, 1.82) is 0 Å². The molecule has 1 fully saturated rings. The van der Waals surface area contributed by atoms with E-state index in [9.17, 15) is 0 Å². The Morgan fingerprint density at radius 2 is 2.16 bits per heavy atom. The van der Waals surface area contributed by atoms with Gasteiger partial charge in [0, 0.05) is 18.7 Å². The summed E-state index contributed by atoms with van der Waals surface area (Å²) >= 11 is 0. The van der Waals surface area contributed by atoms with Crippen molar-refractivity contribution in [2.75, 3.05) is 13.1 Å². The van der Waals surface area contributed by atoms with Gasteiger partial charge in [0.1, 0.15) is 0 Å². The molecule has 1 aliphatic carbocycles. The molecule has 108 valence electrons. The predicted octanol–water partition coefficient (Wildman–Crippen LogP) is 2.94. The van der Waals surface area contributed by atoms with Crippen molar-refractivity contribution in [2.24, 2.45) is 0 Å². The van der Waals surface area contributed by atoms with Crippen LogP contribution in [-0.4, -0.2) is 29.2 Å². The van der Waals surface area contributed by atoms with Gasteiger partial charge in [0.25, 0.3) is 0 Å². The van der Waals surface area contributed by atoms with E-state index in [0.29, 0.717) is 0 Å². The fourth-order valence-electron chi connectivity index (χ4n) is 2.88. The molecule has 1 aromatic rings. The Balaban J connectivity index is 1.83. The van der Waals surface area contributed by atoms with Crippen molar-refractivity contribution < 1.29 is 4.52 Å². The summed E-state index contributed by atoms with van der Waals surface area (Å²) in [7, 11) is 0. The van der Waals surface area contributed by atoms with E-state index in [4.69, 9.17) is 4.52 Å². The first kappa shape index (κ1) is 14.5. The summed E-state index contributed by atoms with van der Waals surface area (Å²) in [4.78, 5) is 2.52. The molecule has 1 aromatic heterocycles. The van der Waals surface area contributed by atoms with Gasteiger partial charge in [0.2, 0.25) is 0 Å². The van der Waals surface area contributed by atoms with Gasteiger partial charge in [-0.3, -0.25) is 4.90 Å². The number of nitrogens with one attached hydrogen (secondary N) is 1. The molecular formula is C15H27N3O.